The number of rotatable bonds is 4. The molecule has 1 aromatic carbocycles. The molecule has 3 heteroatoms. The molecule has 0 aromatic heterocycles. The standard InChI is InChI=1S/C16H25BrN2/c1-12(18)10-13-8-9-16(15(17)11-13)19(2)14-6-4-3-5-7-14/h8-9,11-12,14H,3-7,10,18H2,1-2H3. The number of halogens is 1. The lowest BCUT2D eigenvalue weighted by atomic mass is 9.94. The highest BCUT2D eigenvalue weighted by Gasteiger charge is 2.19. The average molecular weight is 325 g/mol. The molecule has 1 atom stereocenters. The molecule has 0 saturated heterocycles. The summed E-state index contributed by atoms with van der Waals surface area (Å²) in [6.45, 7) is 2.05. The van der Waals surface area contributed by atoms with Gasteiger partial charge in [0, 0.05) is 23.6 Å². The van der Waals surface area contributed by atoms with Gasteiger partial charge in [-0.1, -0.05) is 25.3 Å². The van der Waals surface area contributed by atoms with Gasteiger partial charge in [-0.15, -0.1) is 0 Å². The Kier molecular flexibility index (Phi) is 5.28. The Morgan fingerprint density at radius 2 is 2.00 bits per heavy atom. The smallest absolute Gasteiger partial charge is 0.0510 e. The SMILES string of the molecule is CC(N)Cc1ccc(N(C)C2CCCCC2)c(Br)c1. The number of benzene rings is 1. The van der Waals surface area contributed by atoms with Crippen LogP contribution in [0.3, 0.4) is 0 Å². The molecule has 0 heterocycles. The summed E-state index contributed by atoms with van der Waals surface area (Å²) in [5.74, 6) is 0. The molecule has 2 N–H and O–H groups in total. The lowest BCUT2D eigenvalue weighted by Gasteiger charge is -2.33. The van der Waals surface area contributed by atoms with Crippen molar-refractivity contribution in [2.24, 2.45) is 5.73 Å². The predicted molar refractivity (Wildman–Crippen MR) is 86.8 cm³/mol. The minimum atomic E-state index is 0.217. The van der Waals surface area contributed by atoms with Crippen LogP contribution in [-0.4, -0.2) is 19.1 Å². The summed E-state index contributed by atoms with van der Waals surface area (Å²) in [4.78, 5) is 2.44. The van der Waals surface area contributed by atoms with E-state index >= 15 is 0 Å². The van der Waals surface area contributed by atoms with Crippen LogP contribution in [0.2, 0.25) is 0 Å². The van der Waals surface area contributed by atoms with Crippen molar-refractivity contribution in [1.29, 1.82) is 0 Å². The lowest BCUT2D eigenvalue weighted by molar-refractivity contribution is 0.427. The van der Waals surface area contributed by atoms with Gasteiger partial charge in [0.1, 0.15) is 0 Å². The van der Waals surface area contributed by atoms with Crippen molar-refractivity contribution in [2.75, 3.05) is 11.9 Å². The average Bonchev–Trinajstić information content (AvgIpc) is 2.38. The van der Waals surface area contributed by atoms with E-state index in [9.17, 15) is 0 Å². The fourth-order valence-corrected chi connectivity index (χ4v) is 3.71. The van der Waals surface area contributed by atoms with Crippen molar-refractivity contribution in [3.8, 4) is 0 Å². The van der Waals surface area contributed by atoms with Crippen LogP contribution in [0.5, 0.6) is 0 Å². The van der Waals surface area contributed by atoms with Crippen LogP contribution in [-0.2, 0) is 6.42 Å². The highest BCUT2D eigenvalue weighted by Crippen LogP contribution is 2.32. The van der Waals surface area contributed by atoms with Crippen LogP contribution in [0.1, 0.15) is 44.6 Å². The van der Waals surface area contributed by atoms with Crippen LogP contribution in [0, 0.1) is 0 Å². The molecule has 1 saturated carbocycles. The van der Waals surface area contributed by atoms with Gasteiger partial charge in [0.05, 0.1) is 5.69 Å². The van der Waals surface area contributed by atoms with E-state index < -0.39 is 0 Å². The van der Waals surface area contributed by atoms with Gasteiger partial charge < -0.3 is 10.6 Å². The summed E-state index contributed by atoms with van der Waals surface area (Å²) in [6.07, 6.45) is 7.73. The van der Waals surface area contributed by atoms with Gasteiger partial charge in [0.15, 0.2) is 0 Å². The Labute approximate surface area is 125 Å². The lowest BCUT2D eigenvalue weighted by Crippen LogP contribution is -2.33. The first-order chi connectivity index (χ1) is 9.08. The molecule has 106 valence electrons. The molecule has 0 amide bonds. The van der Waals surface area contributed by atoms with E-state index in [4.69, 9.17) is 5.73 Å². The second-order valence-corrected chi connectivity index (χ2v) is 6.72. The summed E-state index contributed by atoms with van der Waals surface area (Å²) in [6, 6.07) is 7.58. The second-order valence-electron chi connectivity index (χ2n) is 5.87. The maximum absolute atomic E-state index is 5.86. The maximum Gasteiger partial charge on any atom is 0.0510 e. The summed E-state index contributed by atoms with van der Waals surface area (Å²) >= 11 is 3.72. The van der Waals surface area contributed by atoms with Crippen molar-refractivity contribution in [3.05, 3.63) is 28.2 Å². The summed E-state index contributed by atoms with van der Waals surface area (Å²) in [7, 11) is 2.22. The Hall–Kier alpha value is -0.540. The normalized spacial score (nSPS) is 18.3. The molecule has 1 fully saturated rings. The first-order valence-corrected chi connectivity index (χ1v) is 8.14. The van der Waals surface area contributed by atoms with E-state index in [0.717, 1.165) is 6.42 Å². The van der Waals surface area contributed by atoms with Gasteiger partial charge in [-0.3, -0.25) is 0 Å². The third-order valence-corrected chi connectivity index (χ3v) is 4.71. The first-order valence-electron chi connectivity index (χ1n) is 7.35. The minimum Gasteiger partial charge on any atom is -0.371 e. The minimum absolute atomic E-state index is 0.217. The van der Waals surface area contributed by atoms with Gasteiger partial charge in [0.2, 0.25) is 0 Å². The molecule has 0 radical (unpaired) electrons. The van der Waals surface area contributed by atoms with E-state index in [-0.39, 0.29) is 6.04 Å². The molecular formula is C16H25BrN2. The molecule has 1 unspecified atom stereocenters. The zero-order valence-electron chi connectivity index (χ0n) is 12.0. The van der Waals surface area contributed by atoms with Crippen LogP contribution < -0.4 is 10.6 Å². The van der Waals surface area contributed by atoms with Crippen molar-refractivity contribution in [3.63, 3.8) is 0 Å². The highest BCUT2D eigenvalue weighted by atomic mass is 79.9. The van der Waals surface area contributed by atoms with Gasteiger partial charge in [-0.2, -0.15) is 0 Å². The Bertz CT molecular complexity index is 411. The van der Waals surface area contributed by atoms with Crippen molar-refractivity contribution < 1.29 is 0 Å². The number of hydrogen-bond acceptors (Lipinski definition) is 2. The van der Waals surface area contributed by atoms with E-state index in [1.165, 1.54) is 47.8 Å². The first kappa shape index (κ1) is 14.9. The molecule has 1 aromatic rings. The van der Waals surface area contributed by atoms with Crippen LogP contribution in [0.4, 0.5) is 5.69 Å². The van der Waals surface area contributed by atoms with E-state index in [1.807, 2.05) is 0 Å². The van der Waals surface area contributed by atoms with Crippen LogP contribution >= 0.6 is 15.9 Å². The molecule has 1 aliphatic rings. The zero-order valence-corrected chi connectivity index (χ0v) is 13.6. The number of nitrogens with two attached hydrogens (primary N) is 1. The van der Waals surface area contributed by atoms with Gasteiger partial charge >= 0.3 is 0 Å². The third kappa shape index (κ3) is 3.96. The Morgan fingerprint density at radius 1 is 1.32 bits per heavy atom. The Morgan fingerprint density at radius 3 is 2.58 bits per heavy atom. The number of nitrogens with zero attached hydrogens (tertiary/aromatic N) is 1. The maximum atomic E-state index is 5.86. The van der Waals surface area contributed by atoms with E-state index in [0.29, 0.717) is 6.04 Å². The number of hydrogen-bond donors (Lipinski definition) is 1. The van der Waals surface area contributed by atoms with Crippen molar-refractivity contribution in [1.82, 2.24) is 0 Å². The van der Waals surface area contributed by atoms with Crippen LogP contribution in [0.25, 0.3) is 0 Å². The predicted octanol–water partition coefficient (Wildman–Crippen LogP) is 4.11. The van der Waals surface area contributed by atoms with E-state index in [2.05, 4.69) is 53.0 Å². The topological polar surface area (TPSA) is 29.3 Å². The molecule has 2 rings (SSSR count). The monoisotopic (exact) mass is 324 g/mol. The molecular weight excluding hydrogens is 300 g/mol. The summed E-state index contributed by atoms with van der Waals surface area (Å²) in [5, 5.41) is 0. The quantitative estimate of drug-likeness (QED) is 0.903. The molecule has 19 heavy (non-hydrogen) atoms. The molecule has 0 aliphatic heterocycles. The fourth-order valence-electron chi connectivity index (χ4n) is 3.00. The van der Waals surface area contributed by atoms with Crippen LogP contribution in [0.15, 0.2) is 22.7 Å². The number of anilines is 1. The van der Waals surface area contributed by atoms with E-state index in [1.54, 1.807) is 0 Å². The fraction of sp³-hybridized carbons (Fsp3) is 0.625. The zero-order chi connectivity index (χ0) is 13.8. The van der Waals surface area contributed by atoms with Gasteiger partial charge in [-0.05, 0) is 59.8 Å². The van der Waals surface area contributed by atoms with Crippen molar-refractivity contribution >= 4 is 21.6 Å². The molecule has 1 aliphatic carbocycles. The highest BCUT2D eigenvalue weighted by molar-refractivity contribution is 9.10. The summed E-state index contributed by atoms with van der Waals surface area (Å²) < 4.78 is 1.19. The largest absolute Gasteiger partial charge is 0.371 e. The molecule has 2 nitrogen and oxygen atoms in total. The van der Waals surface area contributed by atoms with Gasteiger partial charge in [0.25, 0.3) is 0 Å². The Balaban J connectivity index is 2.10. The van der Waals surface area contributed by atoms with Crippen molar-refractivity contribution in [2.45, 2.75) is 57.5 Å². The second kappa shape index (κ2) is 6.76. The molecule has 0 bridgehead atoms. The molecule has 0 spiro atoms. The van der Waals surface area contributed by atoms with Gasteiger partial charge in [-0.25, -0.2) is 0 Å². The summed E-state index contributed by atoms with van der Waals surface area (Å²) in [5.41, 5.74) is 8.48. The third-order valence-electron chi connectivity index (χ3n) is 4.07.